The summed E-state index contributed by atoms with van der Waals surface area (Å²) in [5.41, 5.74) is 5.19. The summed E-state index contributed by atoms with van der Waals surface area (Å²) in [6, 6.07) is 30.9. The lowest BCUT2D eigenvalue weighted by Crippen LogP contribution is -2.52. The molecule has 0 unspecified atom stereocenters. The second-order valence-electron chi connectivity index (χ2n) is 7.92. The third kappa shape index (κ3) is 3.71. The number of urea groups is 1. The fourth-order valence-corrected chi connectivity index (χ4v) is 4.10. The molecular formula is C28H21N3O3. The Balaban J connectivity index is 1.82. The number of barbiturate groups is 1. The van der Waals surface area contributed by atoms with Gasteiger partial charge in [0.1, 0.15) is 5.57 Å². The zero-order valence-electron chi connectivity index (χ0n) is 18.4. The van der Waals surface area contributed by atoms with Gasteiger partial charge in [-0.2, -0.15) is 0 Å². The van der Waals surface area contributed by atoms with Crippen molar-refractivity contribution in [2.75, 3.05) is 7.05 Å². The van der Waals surface area contributed by atoms with Crippen molar-refractivity contribution in [3.05, 3.63) is 108 Å². The maximum Gasteiger partial charge on any atom is 0.331 e. The monoisotopic (exact) mass is 447 g/mol. The second kappa shape index (κ2) is 8.67. The van der Waals surface area contributed by atoms with E-state index in [1.165, 1.54) is 7.05 Å². The minimum absolute atomic E-state index is 0.0934. The number of nitrogens with one attached hydrogen (secondary N) is 1. The number of imide groups is 2. The minimum atomic E-state index is -0.734. The van der Waals surface area contributed by atoms with Crippen molar-refractivity contribution in [1.29, 1.82) is 0 Å². The highest BCUT2D eigenvalue weighted by atomic mass is 16.2. The van der Waals surface area contributed by atoms with Crippen LogP contribution in [0, 0.1) is 0 Å². The fourth-order valence-electron chi connectivity index (χ4n) is 4.10. The Morgan fingerprint density at radius 2 is 1.29 bits per heavy atom. The van der Waals surface area contributed by atoms with E-state index in [0.29, 0.717) is 5.56 Å². The number of hydrogen-bond acceptors (Lipinski definition) is 3. The predicted molar refractivity (Wildman–Crippen MR) is 131 cm³/mol. The molecule has 1 saturated heterocycles. The Hall–Kier alpha value is -4.71. The lowest BCUT2D eigenvalue weighted by Gasteiger charge is -2.22. The van der Waals surface area contributed by atoms with Gasteiger partial charge >= 0.3 is 6.03 Å². The van der Waals surface area contributed by atoms with Gasteiger partial charge in [0.05, 0.1) is 11.4 Å². The molecule has 0 radical (unpaired) electrons. The number of amides is 4. The lowest BCUT2D eigenvalue weighted by atomic mass is 10.0. The lowest BCUT2D eigenvalue weighted by molar-refractivity contribution is -0.129. The average molecular weight is 447 g/mol. The first-order valence-corrected chi connectivity index (χ1v) is 10.8. The van der Waals surface area contributed by atoms with E-state index in [0.717, 1.165) is 33.1 Å². The molecule has 4 amide bonds. The van der Waals surface area contributed by atoms with Gasteiger partial charge in [0.25, 0.3) is 11.8 Å². The van der Waals surface area contributed by atoms with E-state index in [1.54, 1.807) is 6.08 Å². The van der Waals surface area contributed by atoms with Crippen LogP contribution in [-0.4, -0.2) is 34.4 Å². The molecule has 0 bridgehead atoms. The second-order valence-corrected chi connectivity index (χ2v) is 7.92. The molecule has 4 aromatic rings. The normalized spacial score (nSPS) is 15.0. The van der Waals surface area contributed by atoms with Crippen molar-refractivity contribution in [2.24, 2.45) is 0 Å². The van der Waals surface area contributed by atoms with Gasteiger partial charge in [-0.05, 0) is 35.4 Å². The maximum absolute atomic E-state index is 12.8. The van der Waals surface area contributed by atoms with Crippen LogP contribution in [0.2, 0.25) is 0 Å². The first-order chi connectivity index (χ1) is 16.5. The number of likely N-dealkylation sites (N-methyl/N-ethyl adjacent to an activating group) is 1. The summed E-state index contributed by atoms with van der Waals surface area (Å²) in [7, 11) is 1.35. The summed E-state index contributed by atoms with van der Waals surface area (Å²) in [6.45, 7) is 0. The van der Waals surface area contributed by atoms with Crippen LogP contribution < -0.4 is 5.32 Å². The third-order valence-electron chi connectivity index (χ3n) is 5.77. The SMILES string of the molecule is CN1C(=O)NC(=O)/C(=C\c2cc(-c3ccccc3)n(-c3ccccc3)c2-c2ccccc2)C1=O. The molecule has 0 spiro atoms. The minimum Gasteiger partial charge on any atom is -0.309 e. The number of nitrogens with zero attached hydrogens (tertiary/aromatic N) is 2. The third-order valence-corrected chi connectivity index (χ3v) is 5.77. The number of rotatable bonds is 4. The van der Waals surface area contributed by atoms with Crippen molar-refractivity contribution in [1.82, 2.24) is 14.8 Å². The number of carbonyl (C=O) groups is 3. The van der Waals surface area contributed by atoms with Crippen LogP contribution in [0.15, 0.2) is 103 Å². The zero-order valence-corrected chi connectivity index (χ0v) is 18.4. The average Bonchev–Trinajstić information content (AvgIpc) is 3.26. The molecule has 34 heavy (non-hydrogen) atoms. The van der Waals surface area contributed by atoms with Crippen LogP contribution >= 0.6 is 0 Å². The highest BCUT2D eigenvalue weighted by molar-refractivity contribution is 6.31. The number of carbonyl (C=O) groups excluding carboxylic acids is 3. The highest BCUT2D eigenvalue weighted by Crippen LogP contribution is 2.37. The van der Waals surface area contributed by atoms with Crippen LogP contribution in [0.5, 0.6) is 0 Å². The van der Waals surface area contributed by atoms with Gasteiger partial charge in [-0.15, -0.1) is 0 Å². The molecule has 166 valence electrons. The van der Waals surface area contributed by atoms with E-state index >= 15 is 0 Å². The molecule has 5 rings (SSSR count). The van der Waals surface area contributed by atoms with E-state index < -0.39 is 17.8 Å². The summed E-state index contributed by atoms with van der Waals surface area (Å²) in [4.78, 5) is 38.2. The Labute approximate surface area is 196 Å². The molecule has 1 aromatic heterocycles. The molecule has 0 saturated carbocycles. The Morgan fingerprint density at radius 3 is 1.91 bits per heavy atom. The van der Waals surface area contributed by atoms with E-state index in [-0.39, 0.29) is 5.57 Å². The molecule has 1 aliphatic heterocycles. The van der Waals surface area contributed by atoms with Crippen LogP contribution in [0.1, 0.15) is 5.56 Å². The van der Waals surface area contributed by atoms with Crippen molar-refractivity contribution in [3.63, 3.8) is 0 Å². The van der Waals surface area contributed by atoms with E-state index in [1.807, 2.05) is 97.1 Å². The number of hydrogen-bond donors (Lipinski definition) is 1. The largest absolute Gasteiger partial charge is 0.331 e. The van der Waals surface area contributed by atoms with E-state index in [9.17, 15) is 14.4 Å². The Bertz CT molecular complexity index is 1420. The summed E-state index contributed by atoms with van der Waals surface area (Å²) in [5.74, 6) is -1.35. The van der Waals surface area contributed by atoms with E-state index in [2.05, 4.69) is 9.88 Å². The number of aromatic nitrogens is 1. The fraction of sp³-hybridized carbons (Fsp3) is 0.0357. The molecule has 3 aromatic carbocycles. The Morgan fingerprint density at radius 1 is 0.735 bits per heavy atom. The highest BCUT2D eigenvalue weighted by Gasteiger charge is 2.33. The summed E-state index contributed by atoms with van der Waals surface area (Å²) in [6.07, 6.45) is 1.56. The van der Waals surface area contributed by atoms with Crippen LogP contribution in [-0.2, 0) is 9.59 Å². The molecule has 6 nitrogen and oxygen atoms in total. The van der Waals surface area contributed by atoms with Gasteiger partial charge < -0.3 is 4.57 Å². The predicted octanol–water partition coefficient (Wildman–Crippen LogP) is 4.90. The van der Waals surface area contributed by atoms with Crippen LogP contribution in [0.4, 0.5) is 4.79 Å². The van der Waals surface area contributed by atoms with E-state index in [4.69, 9.17) is 0 Å². The van der Waals surface area contributed by atoms with Crippen LogP contribution in [0.3, 0.4) is 0 Å². The molecule has 1 fully saturated rings. The summed E-state index contributed by atoms with van der Waals surface area (Å²) in [5, 5.41) is 2.23. The van der Waals surface area contributed by atoms with Gasteiger partial charge in [0.2, 0.25) is 0 Å². The van der Waals surface area contributed by atoms with Crippen molar-refractivity contribution < 1.29 is 14.4 Å². The first-order valence-electron chi connectivity index (χ1n) is 10.8. The number of para-hydroxylation sites is 1. The van der Waals surface area contributed by atoms with Gasteiger partial charge in [-0.25, -0.2) is 4.79 Å². The molecule has 0 aliphatic carbocycles. The summed E-state index contributed by atoms with van der Waals surface area (Å²) < 4.78 is 2.12. The molecule has 2 heterocycles. The van der Waals surface area contributed by atoms with Crippen LogP contribution in [0.25, 0.3) is 34.3 Å². The van der Waals surface area contributed by atoms with Crippen molar-refractivity contribution in [3.8, 4) is 28.2 Å². The zero-order chi connectivity index (χ0) is 23.7. The quantitative estimate of drug-likeness (QED) is 0.357. The number of benzene rings is 3. The molecule has 1 N–H and O–H groups in total. The summed E-state index contributed by atoms with van der Waals surface area (Å²) >= 11 is 0. The Kier molecular flexibility index (Phi) is 5.40. The van der Waals surface area contributed by atoms with Gasteiger partial charge in [-0.1, -0.05) is 78.9 Å². The standard InChI is InChI=1S/C28H21N3O3/c1-30-27(33)23(26(32)29-28(30)34)17-21-18-24(19-11-5-2-6-12-19)31(22-15-9-4-10-16-22)25(21)20-13-7-3-8-14-20/h2-18H,1H3,(H,29,32,34)/b23-17+. The smallest absolute Gasteiger partial charge is 0.309 e. The maximum atomic E-state index is 12.8. The topological polar surface area (TPSA) is 71.4 Å². The molecule has 0 atom stereocenters. The molecule has 1 aliphatic rings. The van der Waals surface area contributed by atoms with Gasteiger partial charge in [0, 0.05) is 18.3 Å². The van der Waals surface area contributed by atoms with Crippen molar-refractivity contribution in [2.45, 2.75) is 0 Å². The molecule has 6 heteroatoms. The first kappa shape index (κ1) is 21.2. The van der Waals surface area contributed by atoms with Crippen molar-refractivity contribution >= 4 is 23.9 Å². The van der Waals surface area contributed by atoms with Gasteiger partial charge in [0.15, 0.2) is 0 Å². The van der Waals surface area contributed by atoms with Gasteiger partial charge in [-0.3, -0.25) is 19.8 Å². The molecular weight excluding hydrogens is 426 g/mol.